The molecule has 1 heterocycles. The predicted octanol–water partition coefficient (Wildman–Crippen LogP) is 2.06. The standard InChI is InChI=1S/C12H15Br2N3O/c13-9-2-1-3-10(14)12(9)16-11(18)8-17-6-4-15-5-7-17/h1-3,15H,4-8H2,(H,16,18). The average Bonchev–Trinajstić information content (AvgIpc) is 2.35. The summed E-state index contributed by atoms with van der Waals surface area (Å²) in [5.74, 6) is 0.0181. The van der Waals surface area contributed by atoms with E-state index in [1.54, 1.807) is 0 Å². The lowest BCUT2D eigenvalue weighted by Gasteiger charge is -2.26. The first-order valence-corrected chi connectivity index (χ1v) is 7.42. The Balaban J connectivity index is 1.94. The summed E-state index contributed by atoms with van der Waals surface area (Å²) >= 11 is 6.86. The third-order valence-corrected chi connectivity index (χ3v) is 4.13. The van der Waals surface area contributed by atoms with Crippen LogP contribution in [-0.4, -0.2) is 43.5 Å². The number of para-hydroxylation sites is 1. The van der Waals surface area contributed by atoms with Crippen LogP contribution in [0, 0.1) is 0 Å². The number of hydrogen-bond donors (Lipinski definition) is 2. The van der Waals surface area contributed by atoms with Gasteiger partial charge in [-0.2, -0.15) is 0 Å². The number of piperazine rings is 1. The lowest BCUT2D eigenvalue weighted by molar-refractivity contribution is -0.117. The number of anilines is 1. The van der Waals surface area contributed by atoms with E-state index in [0.29, 0.717) is 6.54 Å². The molecule has 2 N–H and O–H groups in total. The van der Waals surface area contributed by atoms with Crippen LogP contribution in [0.15, 0.2) is 27.1 Å². The Labute approximate surface area is 123 Å². The zero-order valence-electron chi connectivity index (χ0n) is 9.88. The van der Waals surface area contributed by atoms with E-state index in [0.717, 1.165) is 40.8 Å². The molecule has 6 heteroatoms. The quantitative estimate of drug-likeness (QED) is 0.848. The maximum absolute atomic E-state index is 12.0. The van der Waals surface area contributed by atoms with Crippen LogP contribution < -0.4 is 10.6 Å². The highest BCUT2D eigenvalue weighted by Gasteiger charge is 2.15. The van der Waals surface area contributed by atoms with Crippen LogP contribution in [0.25, 0.3) is 0 Å². The van der Waals surface area contributed by atoms with Crippen LogP contribution in [0.3, 0.4) is 0 Å². The summed E-state index contributed by atoms with van der Waals surface area (Å²) in [6.07, 6.45) is 0. The molecule has 1 aliphatic heterocycles. The molecule has 1 aromatic carbocycles. The molecule has 0 aliphatic carbocycles. The van der Waals surface area contributed by atoms with Gasteiger partial charge in [0.2, 0.25) is 5.91 Å². The topological polar surface area (TPSA) is 44.4 Å². The Bertz CT molecular complexity index is 413. The molecule has 0 aromatic heterocycles. The summed E-state index contributed by atoms with van der Waals surface area (Å²) in [5.41, 5.74) is 0.789. The Morgan fingerprint density at radius 3 is 2.50 bits per heavy atom. The molecule has 1 amide bonds. The highest BCUT2D eigenvalue weighted by Crippen LogP contribution is 2.30. The third-order valence-electron chi connectivity index (χ3n) is 2.80. The number of benzene rings is 1. The minimum atomic E-state index is 0.0181. The van der Waals surface area contributed by atoms with E-state index < -0.39 is 0 Å². The molecule has 98 valence electrons. The molecule has 1 aromatic rings. The van der Waals surface area contributed by atoms with Gasteiger partial charge in [-0.05, 0) is 44.0 Å². The van der Waals surface area contributed by atoms with Crippen molar-refractivity contribution in [2.24, 2.45) is 0 Å². The number of amides is 1. The second-order valence-electron chi connectivity index (χ2n) is 4.17. The Kier molecular flexibility index (Phi) is 5.17. The van der Waals surface area contributed by atoms with Crippen molar-refractivity contribution < 1.29 is 4.79 Å². The maximum Gasteiger partial charge on any atom is 0.238 e. The third kappa shape index (κ3) is 3.78. The Morgan fingerprint density at radius 2 is 1.89 bits per heavy atom. The summed E-state index contributed by atoms with van der Waals surface area (Å²) < 4.78 is 1.76. The monoisotopic (exact) mass is 375 g/mol. The summed E-state index contributed by atoms with van der Waals surface area (Å²) in [6, 6.07) is 5.73. The highest BCUT2D eigenvalue weighted by molar-refractivity contribution is 9.11. The normalized spacial score (nSPS) is 16.6. The van der Waals surface area contributed by atoms with E-state index in [2.05, 4.69) is 47.4 Å². The van der Waals surface area contributed by atoms with E-state index in [1.807, 2.05) is 18.2 Å². The van der Waals surface area contributed by atoms with Crippen molar-refractivity contribution in [1.29, 1.82) is 0 Å². The minimum Gasteiger partial charge on any atom is -0.323 e. The van der Waals surface area contributed by atoms with Crippen molar-refractivity contribution in [2.45, 2.75) is 0 Å². The van der Waals surface area contributed by atoms with Crippen LogP contribution in [0.2, 0.25) is 0 Å². The first kappa shape index (κ1) is 14.0. The molecule has 2 rings (SSSR count). The summed E-state index contributed by atoms with van der Waals surface area (Å²) in [6.45, 7) is 4.18. The largest absolute Gasteiger partial charge is 0.323 e. The fourth-order valence-electron chi connectivity index (χ4n) is 1.87. The molecule has 0 atom stereocenters. The van der Waals surface area contributed by atoms with Gasteiger partial charge in [0.05, 0.1) is 12.2 Å². The van der Waals surface area contributed by atoms with Gasteiger partial charge in [-0.1, -0.05) is 6.07 Å². The maximum atomic E-state index is 12.0. The molecule has 0 spiro atoms. The predicted molar refractivity (Wildman–Crippen MR) is 79.8 cm³/mol. The van der Waals surface area contributed by atoms with Gasteiger partial charge in [0, 0.05) is 35.1 Å². The first-order chi connectivity index (χ1) is 8.66. The van der Waals surface area contributed by atoms with Crippen molar-refractivity contribution in [3.05, 3.63) is 27.1 Å². The zero-order valence-corrected chi connectivity index (χ0v) is 13.1. The molecule has 18 heavy (non-hydrogen) atoms. The molecular weight excluding hydrogens is 362 g/mol. The van der Waals surface area contributed by atoms with Crippen molar-refractivity contribution in [2.75, 3.05) is 38.0 Å². The smallest absolute Gasteiger partial charge is 0.238 e. The summed E-state index contributed by atoms with van der Waals surface area (Å²) in [5, 5.41) is 6.20. The lowest BCUT2D eigenvalue weighted by Crippen LogP contribution is -2.46. The zero-order chi connectivity index (χ0) is 13.0. The first-order valence-electron chi connectivity index (χ1n) is 5.84. The van der Waals surface area contributed by atoms with E-state index in [-0.39, 0.29) is 5.91 Å². The fourth-order valence-corrected chi connectivity index (χ4v) is 3.07. The fraction of sp³-hybridized carbons (Fsp3) is 0.417. The van der Waals surface area contributed by atoms with Gasteiger partial charge < -0.3 is 10.6 Å². The van der Waals surface area contributed by atoms with E-state index in [4.69, 9.17) is 0 Å². The van der Waals surface area contributed by atoms with E-state index in [1.165, 1.54) is 0 Å². The van der Waals surface area contributed by atoms with Gasteiger partial charge in [-0.25, -0.2) is 0 Å². The minimum absolute atomic E-state index is 0.0181. The number of carbonyl (C=O) groups is 1. The summed E-state index contributed by atoms with van der Waals surface area (Å²) in [7, 11) is 0. The van der Waals surface area contributed by atoms with Crippen molar-refractivity contribution in [3.8, 4) is 0 Å². The van der Waals surface area contributed by atoms with Gasteiger partial charge in [-0.15, -0.1) is 0 Å². The van der Waals surface area contributed by atoms with Gasteiger partial charge in [-0.3, -0.25) is 9.69 Å². The summed E-state index contributed by atoms with van der Waals surface area (Å²) in [4.78, 5) is 14.1. The number of nitrogens with zero attached hydrogens (tertiary/aromatic N) is 1. The van der Waals surface area contributed by atoms with Crippen LogP contribution in [0.4, 0.5) is 5.69 Å². The van der Waals surface area contributed by atoms with Crippen molar-refractivity contribution in [3.63, 3.8) is 0 Å². The molecule has 0 radical (unpaired) electrons. The molecule has 0 saturated carbocycles. The second-order valence-corrected chi connectivity index (χ2v) is 5.88. The molecule has 1 fully saturated rings. The number of hydrogen-bond acceptors (Lipinski definition) is 3. The second kappa shape index (κ2) is 6.65. The van der Waals surface area contributed by atoms with Crippen LogP contribution in [-0.2, 0) is 4.79 Å². The van der Waals surface area contributed by atoms with Gasteiger partial charge in [0.15, 0.2) is 0 Å². The number of nitrogens with one attached hydrogen (secondary N) is 2. The lowest BCUT2D eigenvalue weighted by atomic mass is 10.3. The van der Waals surface area contributed by atoms with E-state index >= 15 is 0 Å². The molecule has 0 bridgehead atoms. The van der Waals surface area contributed by atoms with Gasteiger partial charge in [0.1, 0.15) is 0 Å². The van der Waals surface area contributed by atoms with Crippen LogP contribution in [0.1, 0.15) is 0 Å². The molecule has 1 saturated heterocycles. The number of halogens is 2. The Hall–Kier alpha value is -0.430. The Morgan fingerprint density at radius 1 is 1.28 bits per heavy atom. The molecule has 0 unspecified atom stereocenters. The number of carbonyl (C=O) groups excluding carboxylic acids is 1. The van der Waals surface area contributed by atoms with Gasteiger partial charge in [0.25, 0.3) is 0 Å². The van der Waals surface area contributed by atoms with Gasteiger partial charge >= 0.3 is 0 Å². The van der Waals surface area contributed by atoms with Crippen LogP contribution in [0.5, 0.6) is 0 Å². The molecule has 4 nitrogen and oxygen atoms in total. The van der Waals surface area contributed by atoms with Crippen molar-refractivity contribution >= 4 is 43.5 Å². The average molecular weight is 377 g/mol. The van der Waals surface area contributed by atoms with Crippen molar-refractivity contribution in [1.82, 2.24) is 10.2 Å². The van der Waals surface area contributed by atoms with Crippen LogP contribution >= 0.6 is 31.9 Å². The highest BCUT2D eigenvalue weighted by atomic mass is 79.9. The SMILES string of the molecule is O=C(CN1CCNCC1)Nc1c(Br)cccc1Br. The molecular formula is C12H15Br2N3O. The number of rotatable bonds is 3. The molecule has 1 aliphatic rings. The van der Waals surface area contributed by atoms with E-state index in [9.17, 15) is 4.79 Å².